The Bertz CT molecular complexity index is 1270. The van der Waals surface area contributed by atoms with Crippen molar-refractivity contribution in [1.82, 2.24) is 13.7 Å². The van der Waals surface area contributed by atoms with Crippen molar-refractivity contribution in [3.63, 3.8) is 0 Å². The molecule has 1 spiro atoms. The second kappa shape index (κ2) is 9.40. The number of benzene rings is 2. The summed E-state index contributed by atoms with van der Waals surface area (Å²) in [4.78, 5) is 6.85. The number of nitrogens with zero attached hydrogens (tertiary/aromatic N) is 4. The van der Waals surface area contributed by atoms with Crippen LogP contribution in [-0.2, 0) is 16.4 Å². The van der Waals surface area contributed by atoms with Crippen LogP contribution in [0.15, 0.2) is 53.4 Å². The van der Waals surface area contributed by atoms with E-state index in [-0.39, 0.29) is 21.9 Å². The van der Waals surface area contributed by atoms with E-state index in [2.05, 4.69) is 19.0 Å². The molecule has 2 aliphatic rings. The summed E-state index contributed by atoms with van der Waals surface area (Å²) in [6, 6.07) is 11.4. The average Bonchev–Trinajstić information content (AvgIpc) is 3.27. The number of hydrogen-bond donors (Lipinski definition) is 0. The van der Waals surface area contributed by atoms with Gasteiger partial charge in [0.15, 0.2) is 0 Å². The highest BCUT2D eigenvalue weighted by molar-refractivity contribution is 7.89. The molecule has 0 radical (unpaired) electrons. The highest BCUT2D eigenvalue weighted by Gasteiger charge is 2.47. The van der Waals surface area contributed by atoms with Crippen LogP contribution in [0.25, 0.3) is 0 Å². The number of anilines is 1. The van der Waals surface area contributed by atoms with Gasteiger partial charge in [0.25, 0.3) is 0 Å². The van der Waals surface area contributed by atoms with Gasteiger partial charge in [-0.15, -0.1) is 0 Å². The highest BCUT2D eigenvalue weighted by Crippen LogP contribution is 2.44. The van der Waals surface area contributed by atoms with Gasteiger partial charge in [-0.3, -0.25) is 0 Å². The van der Waals surface area contributed by atoms with E-state index in [1.54, 1.807) is 12.1 Å². The Kier molecular flexibility index (Phi) is 6.45. The molecule has 35 heavy (non-hydrogen) atoms. The predicted molar refractivity (Wildman–Crippen MR) is 125 cm³/mol. The van der Waals surface area contributed by atoms with Gasteiger partial charge in [-0.05, 0) is 54.8 Å². The lowest BCUT2D eigenvalue weighted by molar-refractivity contribution is -0.0498. The van der Waals surface area contributed by atoms with Gasteiger partial charge in [0.2, 0.25) is 15.2 Å². The van der Waals surface area contributed by atoms with Crippen molar-refractivity contribution in [2.45, 2.75) is 30.8 Å². The molecule has 7 nitrogen and oxygen atoms in total. The molecular weight excluding hydrogens is 501 g/mol. The number of halogens is 3. The number of ether oxygens (including phenoxy) is 1. The number of aromatic nitrogens is 2. The van der Waals surface area contributed by atoms with E-state index in [9.17, 15) is 21.6 Å². The van der Waals surface area contributed by atoms with Gasteiger partial charge in [-0.2, -0.15) is 17.5 Å². The van der Waals surface area contributed by atoms with Crippen molar-refractivity contribution in [2.75, 3.05) is 31.1 Å². The Morgan fingerprint density at radius 3 is 2.31 bits per heavy atom. The molecule has 0 aliphatic carbocycles. The maximum atomic E-state index is 13.1. The van der Waals surface area contributed by atoms with Gasteiger partial charge in [-0.25, -0.2) is 17.8 Å². The molecule has 2 aliphatic heterocycles. The first kappa shape index (κ1) is 24.0. The Morgan fingerprint density at radius 2 is 1.69 bits per heavy atom. The molecule has 12 heteroatoms. The number of rotatable bonds is 7. The number of sulfonamides is 1. The van der Waals surface area contributed by atoms with Gasteiger partial charge in [-0.1, -0.05) is 12.1 Å². The maximum Gasteiger partial charge on any atom is 0.387 e. The molecule has 1 aromatic heterocycles. The minimum Gasteiger partial charge on any atom is -0.435 e. The van der Waals surface area contributed by atoms with Gasteiger partial charge < -0.3 is 9.64 Å². The minimum atomic E-state index is -3.70. The molecule has 0 bridgehead atoms. The van der Waals surface area contributed by atoms with Gasteiger partial charge in [0.05, 0.1) is 4.90 Å². The molecule has 2 fully saturated rings. The summed E-state index contributed by atoms with van der Waals surface area (Å²) in [5, 5.41) is 0.842. The molecule has 3 aromatic rings. The smallest absolute Gasteiger partial charge is 0.387 e. The van der Waals surface area contributed by atoms with Gasteiger partial charge >= 0.3 is 6.61 Å². The molecule has 0 amide bonds. The Balaban J connectivity index is 1.15. The van der Waals surface area contributed by atoms with Crippen molar-refractivity contribution in [1.29, 1.82) is 0 Å². The van der Waals surface area contributed by atoms with E-state index in [4.69, 9.17) is 0 Å². The summed E-state index contributed by atoms with van der Waals surface area (Å²) in [7, 11) is -3.70. The first-order valence-electron chi connectivity index (χ1n) is 11.1. The summed E-state index contributed by atoms with van der Waals surface area (Å²) < 4.78 is 73.9. The van der Waals surface area contributed by atoms with E-state index in [0.717, 1.165) is 36.6 Å². The molecule has 2 aromatic carbocycles. The van der Waals surface area contributed by atoms with E-state index < -0.39 is 16.6 Å². The molecule has 0 saturated carbocycles. The van der Waals surface area contributed by atoms with E-state index in [1.807, 2.05) is 0 Å². The van der Waals surface area contributed by atoms with Crippen LogP contribution in [0.2, 0.25) is 0 Å². The highest BCUT2D eigenvalue weighted by atomic mass is 32.2. The molecule has 2 saturated heterocycles. The Hall–Kier alpha value is -2.70. The zero-order valence-electron chi connectivity index (χ0n) is 18.6. The third kappa shape index (κ3) is 5.14. The van der Waals surface area contributed by atoms with E-state index in [1.165, 1.54) is 52.2 Å². The van der Waals surface area contributed by atoms with Crippen molar-refractivity contribution >= 4 is 26.7 Å². The zero-order valence-corrected chi connectivity index (χ0v) is 20.2. The first-order chi connectivity index (χ1) is 16.7. The summed E-state index contributed by atoms with van der Waals surface area (Å²) in [6.45, 7) is -0.564. The van der Waals surface area contributed by atoms with Gasteiger partial charge in [0, 0.05) is 49.5 Å². The van der Waals surface area contributed by atoms with Crippen molar-refractivity contribution in [2.24, 2.45) is 5.41 Å². The van der Waals surface area contributed by atoms with E-state index in [0.29, 0.717) is 25.3 Å². The predicted octanol–water partition coefficient (Wildman–Crippen LogP) is 4.16. The van der Waals surface area contributed by atoms with Crippen molar-refractivity contribution in [3.8, 4) is 5.75 Å². The van der Waals surface area contributed by atoms with Gasteiger partial charge in [0.1, 0.15) is 17.4 Å². The van der Waals surface area contributed by atoms with Crippen LogP contribution >= 0.6 is 11.5 Å². The third-order valence-electron chi connectivity index (χ3n) is 6.53. The fraction of sp³-hybridized carbons (Fsp3) is 0.391. The molecular formula is C23H23F3N4O3S2. The monoisotopic (exact) mass is 524 g/mol. The average molecular weight is 525 g/mol. The summed E-state index contributed by atoms with van der Waals surface area (Å²) in [6.07, 6.45) is 2.00. The number of hydrogen-bond acceptors (Lipinski definition) is 7. The Labute approximate surface area is 205 Å². The maximum absolute atomic E-state index is 13.1. The van der Waals surface area contributed by atoms with Crippen LogP contribution in [0.5, 0.6) is 5.75 Å². The third-order valence-corrected chi connectivity index (χ3v) is 9.25. The zero-order chi connectivity index (χ0) is 24.6. The summed E-state index contributed by atoms with van der Waals surface area (Å²) in [5.41, 5.74) is 0.990. The molecule has 0 unspecified atom stereocenters. The fourth-order valence-corrected chi connectivity index (χ4v) is 6.71. The second-order valence-corrected chi connectivity index (χ2v) is 11.6. The van der Waals surface area contributed by atoms with Crippen LogP contribution in [0.4, 0.5) is 18.3 Å². The molecule has 0 N–H and O–H groups in total. The SMILES string of the molecule is O=S(=O)(c1ccc(OC(F)F)cc1)N1CCC2(CC1)CN(c1nc(Cc3ccc(F)cc3)ns1)C2. The summed E-state index contributed by atoms with van der Waals surface area (Å²) >= 11 is 1.34. The molecule has 186 valence electrons. The summed E-state index contributed by atoms with van der Waals surface area (Å²) in [5.74, 6) is 0.342. The lowest BCUT2D eigenvalue weighted by Gasteiger charge is -2.53. The number of piperidine rings is 1. The number of alkyl halides is 2. The van der Waals surface area contributed by atoms with Crippen molar-refractivity contribution in [3.05, 3.63) is 65.7 Å². The normalized spacial score (nSPS) is 18.1. The molecule has 3 heterocycles. The van der Waals surface area contributed by atoms with Crippen LogP contribution in [-0.4, -0.2) is 54.9 Å². The topological polar surface area (TPSA) is 75.6 Å². The lowest BCUT2D eigenvalue weighted by Crippen LogP contribution is -2.61. The van der Waals surface area contributed by atoms with Crippen molar-refractivity contribution < 1.29 is 26.3 Å². The van der Waals surface area contributed by atoms with Crippen LogP contribution in [0.3, 0.4) is 0 Å². The second-order valence-electron chi connectivity index (χ2n) is 8.91. The first-order valence-corrected chi connectivity index (χ1v) is 13.3. The Morgan fingerprint density at radius 1 is 1.03 bits per heavy atom. The standard InChI is InChI=1S/C23H23F3N4O3S2/c24-17-3-1-16(2-4-17)13-20-27-22(34-28-20)29-14-23(15-29)9-11-30(12-10-23)35(31,32)19-7-5-18(6-8-19)33-21(25)26/h1-8,21H,9-15H2. The van der Waals surface area contributed by atoms with Crippen LogP contribution in [0.1, 0.15) is 24.2 Å². The molecule has 5 rings (SSSR count). The lowest BCUT2D eigenvalue weighted by atomic mass is 9.73. The minimum absolute atomic E-state index is 0.0454. The van der Waals surface area contributed by atoms with Crippen LogP contribution in [0, 0.1) is 11.2 Å². The van der Waals surface area contributed by atoms with Crippen LogP contribution < -0.4 is 9.64 Å². The van der Waals surface area contributed by atoms with E-state index >= 15 is 0 Å². The largest absolute Gasteiger partial charge is 0.435 e. The molecule has 0 atom stereocenters. The quantitative estimate of drug-likeness (QED) is 0.462. The fourth-order valence-electron chi connectivity index (χ4n) is 4.59.